The van der Waals surface area contributed by atoms with Gasteiger partial charge in [0.15, 0.2) is 14.9 Å². The molecule has 0 amide bonds. The third kappa shape index (κ3) is 4.69. The van der Waals surface area contributed by atoms with Gasteiger partial charge < -0.3 is 9.05 Å². The lowest BCUT2D eigenvalue weighted by molar-refractivity contribution is 0.328. The van der Waals surface area contributed by atoms with Crippen LogP contribution in [0.1, 0.15) is 41.0 Å². The van der Waals surface area contributed by atoms with Gasteiger partial charge in [0, 0.05) is 12.7 Å². The van der Waals surface area contributed by atoms with E-state index in [2.05, 4.69) is 5.10 Å². The fourth-order valence-corrected chi connectivity index (χ4v) is 5.27. The number of aryl methyl sites for hydroxylation is 1. The molecule has 0 bridgehead atoms. The number of halogens is 1. The molecule has 0 saturated heterocycles. The van der Waals surface area contributed by atoms with E-state index in [1.807, 2.05) is 20.8 Å². The van der Waals surface area contributed by atoms with Crippen molar-refractivity contribution in [2.45, 2.75) is 57.9 Å². The zero-order valence-electron chi connectivity index (χ0n) is 14.1. The molecule has 10 heteroatoms. The van der Waals surface area contributed by atoms with Crippen LogP contribution in [-0.2, 0) is 32.7 Å². The summed E-state index contributed by atoms with van der Waals surface area (Å²) in [4.78, 5) is 0. The predicted octanol–water partition coefficient (Wildman–Crippen LogP) is 3.87. The van der Waals surface area contributed by atoms with Crippen LogP contribution in [0.2, 0.25) is 5.02 Å². The second-order valence-corrected chi connectivity index (χ2v) is 11.9. The first kappa shape index (κ1) is 20.9. The molecule has 23 heavy (non-hydrogen) atoms. The van der Waals surface area contributed by atoms with Crippen molar-refractivity contribution in [1.82, 2.24) is 9.78 Å². The summed E-state index contributed by atoms with van der Waals surface area (Å²) < 4.78 is 37.8. The zero-order valence-corrected chi connectivity index (χ0v) is 17.4. The van der Waals surface area contributed by atoms with Gasteiger partial charge in [0.1, 0.15) is 5.02 Å². The Morgan fingerprint density at radius 1 is 1.35 bits per heavy atom. The van der Waals surface area contributed by atoms with Crippen molar-refractivity contribution >= 4 is 39.7 Å². The minimum atomic E-state index is -3.59. The topological polar surface area (TPSA) is 70.4 Å². The second kappa shape index (κ2) is 8.30. The predicted molar refractivity (Wildman–Crippen MR) is 96.9 cm³/mol. The summed E-state index contributed by atoms with van der Waals surface area (Å²) in [6.45, 7) is 7.09. The van der Waals surface area contributed by atoms with E-state index < -0.39 is 21.6 Å². The van der Waals surface area contributed by atoms with Crippen molar-refractivity contribution in [3.8, 4) is 5.88 Å². The molecule has 0 aliphatic rings. The van der Waals surface area contributed by atoms with Crippen LogP contribution in [0, 0.1) is 0 Å². The van der Waals surface area contributed by atoms with Crippen molar-refractivity contribution in [2.75, 3.05) is 12.8 Å². The van der Waals surface area contributed by atoms with Crippen LogP contribution < -0.4 is 4.52 Å². The van der Waals surface area contributed by atoms with Crippen LogP contribution in [0.25, 0.3) is 0 Å². The molecule has 0 radical (unpaired) electrons. The third-order valence-corrected chi connectivity index (χ3v) is 8.93. The molecule has 0 N–H and O–H groups in total. The summed E-state index contributed by atoms with van der Waals surface area (Å²) in [6, 6.07) is 0. The largest absolute Gasteiger partial charge is 0.422 e. The number of sulfone groups is 1. The summed E-state index contributed by atoms with van der Waals surface area (Å²) in [5.41, 5.74) is 0. The van der Waals surface area contributed by atoms with E-state index in [-0.39, 0.29) is 15.9 Å². The Bertz CT molecular complexity index is 688. The normalized spacial score (nSPS) is 14.9. The average molecular weight is 403 g/mol. The first-order valence-electron chi connectivity index (χ1n) is 7.56. The van der Waals surface area contributed by atoms with E-state index in [4.69, 9.17) is 32.5 Å². The van der Waals surface area contributed by atoms with Crippen LogP contribution >= 0.6 is 18.1 Å². The van der Waals surface area contributed by atoms with E-state index >= 15 is 0 Å². The number of nitrogens with zero attached hydrogens (tertiary/aromatic N) is 2. The van der Waals surface area contributed by atoms with Gasteiger partial charge in [-0.25, -0.2) is 13.1 Å². The Kier molecular flexibility index (Phi) is 7.54. The molecule has 0 aliphatic heterocycles. The molecule has 1 unspecified atom stereocenters. The minimum Gasteiger partial charge on any atom is -0.422 e. The van der Waals surface area contributed by atoms with Gasteiger partial charge in [-0.1, -0.05) is 25.4 Å². The van der Waals surface area contributed by atoms with Crippen molar-refractivity contribution in [1.29, 1.82) is 0 Å². The van der Waals surface area contributed by atoms with E-state index in [0.29, 0.717) is 25.7 Å². The molecule has 0 aliphatic carbocycles. The SMILES string of the molecule is CCCn1nc(OP(=S)(CC)OCC)c(Cl)c1S(=O)(=O)C(C)C. The van der Waals surface area contributed by atoms with Gasteiger partial charge in [0.05, 0.1) is 11.9 Å². The first-order chi connectivity index (χ1) is 10.6. The van der Waals surface area contributed by atoms with Gasteiger partial charge in [0.2, 0.25) is 6.49 Å². The van der Waals surface area contributed by atoms with Crippen LogP contribution in [0.5, 0.6) is 5.88 Å². The van der Waals surface area contributed by atoms with Crippen LogP contribution in [-0.4, -0.2) is 36.2 Å². The zero-order chi connectivity index (χ0) is 17.8. The number of hydrogen-bond donors (Lipinski definition) is 0. The quantitative estimate of drug-likeness (QED) is 0.584. The lowest BCUT2D eigenvalue weighted by atomic mass is 10.5. The van der Waals surface area contributed by atoms with Gasteiger partial charge in [-0.15, -0.1) is 5.10 Å². The lowest BCUT2D eigenvalue weighted by Gasteiger charge is -2.19. The standard InChI is InChI=1S/C13H24ClN2O4PS2/c1-6-9-16-13(23(17,18)10(4)5)11(14)12(15-16)20-21(22,8-3)19-7-2/h10H,6-9H2,1-5H3. The molecule has 0 spiro atoms. The van der Waals surface area contributed by atoms with E-state index in [9.17, 15) is 8.42 Å². The molecule has 1 aromatic heterocycles. The first-order valence-corrected chi connectivity index (χ1v) is 12.3. The Morgan fingerprint density at radius 3 is 2.39 bits per heavy atom. The smallest absolute Gasteiger partial charge is 0.258 e. The summed E-state index contributed by atoms with van der Waals surface area (Å²) in [5, 5.41) is 3.59. The molecule has 1 heterocycles. The Labute approximate surface area is 148 Å². The molecule has 134 valence electrons. The highest BCUT2D eigenvalue weighted by atomic mass is 35.5. The highest BCUT2D eigenvalue weighted by Crippen LogP contribution is 2.50. The van der Waals surface area contributed by atoms with Gasteiger partial charge in [-0.2, -0.15) is 0 Å². The summed E-state index contributed by atoms with van der Waals surface area (Å²) in [5.74, 6) is 0.0398. The summed E-state index contributed by atoms with van der Waals surface area (Å²) in [6.07, 6.45) is 1.21. The van der Waals surface area contributed by atoms with Gasteiger partial charge >= 0.3 is 0 Å². The summed E-state index contributed by atoms with van der Waals surface area (Å²) >= 11 is 11.7. The number of aromatic nitrogens is 2. The second-order valence-electron chi connectivity index (χ2n) is 5.18. The third-order valence-electron chi connectivity index (χ3n) is 3.09. The lowest BCUT2D eigenvalue weighted by Crippen LogP contribution is -2.19. The number of rotatable bonds is 9. The Morgan fingerprint density at radius 2 is 1.96 bits per heavy atom. The molecule has 1 aromatic rings. The van der Waals surface area contributed by atoms with Crippen LogP contribution in [0.3, 0.4) is 0 Å². The highest BCUT2D eigenvalue weighted by molar-refractivity contribution is 8.10. The van der Waals surface area contributed by atoms with Crippen molar-refractivity contribution in [3.05, 3.63) is 5.02 Å². The highest BCUT2D eigenvalue weighted by Gasteiger charge is 2.32. The number of hydrogen-bond acceptors (Lipinski definition) is 6. The summed E-state index contributed by atoms with van der Waals surface area (Å²) in [7, 11) is -3.59. The average Bonchev–Trinajstić information content (AvgIpc) is 2.76. The van der Waals surface area contributed by atoms with Crippen LogP contribution in [0.15, 0.2) is 5.03 Å². The van der Waals surface area contributed by atoms with Gasteiger partial charge in [-0.3, -0.25) is 0 Å². The Balaban J connectivity index is 3.41. The van der Waals surface area contributed by atoms with Crippen molar-refractivity contribution < 1.29 is 17.5 Å². The molecule has 0 saturated carbocycles. The molecular formula is C13H24ClN2O4PS2. The molecule has 0 fully saturated rings. The fourth-order valence-electron chi connectivity index (χ4n) is 1.83. The van der Waals surface area contributed by atoms with E-state index in [1.54, 1.807) is 13.8 Å². The maximum Gasteiger partial charge on any atom is 0.258 e. The van der Waals surface area contributed by atoms with Crippen LogP contribution in [0.4, 0.5) is 0 Å². The maximum atomic E-state index is 12.6. The van der Waals surface area contributed by atoms with E-state index in [0.717, 1.165) is 0 Å². The van der Waals surface area contributed by atoms with Gasteiger partial charge in [0.25, 0.3) is 5.88 Å². The monoisotopic (exact) mass is 402 g/mol. The van der Waals surface area contributed by atoms with Gasteiger partial charge in [-0.05, 0) is 39.0 Å². The van der Waals surface area contributed by atoms with Crippen molar-refractivity contribution in [3.63, 3.8) is 0 Å². The van der Waals surface area contributed by atoms with E-state index in [1.165, 1.54) is 4.68 Å². The fraction of sp³-hybridized carbons (Fsp3) is 0.769. The molecule has 6 nitrogen and oxygen atoms in total. The molecule has 1 rings (SSSR count). The minimum absolute atomic E-state index is 0.0137. The Hall–Kier alpha value is -0.140. The maximum absolute atomic E-state index is 12.6. The molecule has 1 atom stereocenters. The molecular weight excluding hydrogens is 379 g/mol. The molecule has 0 aromatic carbocycles. The van der Waals surface area contributed by atoms with Crippen molar-refractivity contribution in [2.24, 2.45) is 0 Å².